The minimum Gasteiger partial charge on any atom is -0.494 e. The molecule has 0 fully saturated rings. The van der Waals surface area contributed by atoms with Crippen LogP contribution in [0.4, 0.5) is 5.82 Å². The van der Waals surface area contributed by atoms with Gasteiger partial charge in [0.15, 0.2) is 6.10 Å². The Morgan fingerprint density at radius 2 is 2.07 bits per heavy atom. The number of furan rings is 1. The Morgan fingerprint density at radius 1 is 1.29 bits per heavy atom. The number of nitrogens with one attached hydrogen (secondary N) is 1. The topological polar surface area (TPSA) is 90.7 Å². The summed E-state index contributed by atoms with van der Waals surface area (Å²) in [5.74, 6) is -0.204. The van der Waals surface area contributed by atoms with E-state index in [4.69, 9.17) is 25.5 Å². The molecule has 146 valence electrons. The number of rotatable bonds is 6. The first-order chi connectivity index (χ1) is 13.4. The third-order valence-corrected chi connectivity index (χ3v) is 4.26. The maximum atomic E-state index is 12.5. The third-order valence-electron chi connectivity index (χ3n) is 4.04. The fraction of sp³-hybridized carbons (Fsp3) is 0.250. The molecule has 1 N–H and O–H groups in total. The lowest BCUT2D eigenvalue weighted by Crippen LogP contribution is -2.30. The first-order valence-electron chi connectivity index (χ1n) is 8.68. The Balaban J connectivity index is 1.72. The molecule has 1 amide bonds. The lowest BCUT2D eigenvalue weighted by Gasteiger charge is -2.12. The first-order valence-corrected chi connectivity index (χ1v) is 9.06. The van der Waals surface area contributed by atoms with Crippen LogP contribution in [-0.4, -0.2) is 29.6 Å². The number of anilines is 1. The molecule has 1 atom stereocenters. The van der Waals surface area contributed by atoms with Gasteiger partial charge in [-0.2, -0.15) is 0 Å². The van der Waals surface area contributed by atoms with Crippen LogP contribution in [-0.2, 0) is 9.53 Å². The summed E-state index contributed by atoms with van der Waals surface area (Å²) in [6.45, 7) is 5.64. The smallest absolute Gasteiger partial charge is 0.375 e. The zero-order valence-corrected chi connectivity index (χ0v) is 16.4. The molecule has 0 spiro atoms. The fourth-order valence-electron chi connectivity index (χ4n) is 2.60. The number of fused-ring (bicyclic) bond motifs is 1. The molecule has 0 radical (unpaired) electrons. The summed E-state index contributed by atoms with van der Waals surface area (Å²) >= 11 is 5.76. The Morgan fingerprint density at radius 3 is 2.75 bits per heavy atom. The van der Waals surface area contributed by atoms with Gasteiger partial charge in [-0.15, -0.1) is 0 Å². The Labute approximate surface area is 166 Å². The summed E-state index contributed by atoms with van der Waals surface area (Å²) < 4.78 is 16.3. The quantitative estimate of drug-likeness (QED) is 0.615. The number of aromatic nitrogens is 1. The monoisotopic (exact) mass is 402 g/mol. The van der Waals surface area contributed by atoms with E-state index in [0.29, 0.717) is 34.3 Å². The van der Waals surface area contributed by atoms with Crippen LogP contribution in [0.3, 0.4) is 0 Å². The van der Waals surface area contributed by atoms with Gasteiger partial charge in [0.25, 0.3) is 5.91 Å². The van der Waals surface area contributed by atoms with E-state index in [1.54, 1.807) is 37.3 Å². The van der Waals surface area contributed by atoms with Crippen LogP contribution < -0.4 is 10.1 Å². The van der Waals surface area contributed by atoms with E-state index in [2.05, 4.69) is 10.3 Å². The summed E-state index contributed by atoms with van der Waals surface area (Å²) in [6.07, 6.45) is 0.360. The van der Waals surface area contributed by atoms with E-state index in [0.717, 1.165) is 5.39 Å². The highest BCUT2D eigenvalue weighted by Crippen LogP contribution is 2.29. The number of halogens is 1. The molecule has 3 rings (SSSR count). The maximum absolute atomic E-state index is 12.5. The van der Waals surface area contributed by atoms with Crippen molar-refractivity contribution in [1.82, 2.24) is 4.98 Å². The molecule has 0 saturated heterocycles. The predicted molar refractivity (Wildman–Crippen MR) is 105 cm³/mol. The van der Waals surface area contributed by atoms with E-state index in [1.165, 1.54) is 13.1 Å². The van der Waals surface area contributed by atoms with Gasteiger partial charge >= 0.3 is 5.97 Å². The van der Waals surface area contributed by atoms with Crippen molar-refractivity contribution >= 4 is 40.3 Å². The van der Waals surface area contributed by atoms with Gasteiger partial charge in [-0.25, -0.2) is 9.78 Å². The number of aryl methyl sites for hydroxylation is 1. The van der Waals surface area contributed by atoms with Gasteiger partial charge in [-0.05, 0) is 51.1 Å². The van der Waals surface area contributed by atoms with Gasteiger partial charge in [-0.1, -0.05) is 11.6 Å². The largest absolute Gasteiger partial charge is 0.494 e. The molecule has 3 aromatic rings. The molecule has 0 unspecified atom stereocenters. The van der Waals surface area contributed by atoms with Crippen LogP contribution in [0.5, 0.6) is 5.75 Å². The second-order valence-corrected chi connectivity index (χ2v) is 6.48. The highest BCUT2D eigenvalue weighted by molar-refractivity contribution is 6.30. The average Bonchev–Trinajstić information content (AvgIpc) is 3.00. The van der Waals surface area contributed by atoms with Crippen molar-refractivity contribution in [3.8, 4) is 5.75 Å². The van der Waals surface area contributed by atoms with Crippen molar-refractivity contribution < 1.29 is 23.5 Å². The molecule has 7 nitrogen and oxygen atoms in total. The van der Waals surface area contributed by atoms with Gasteiger partial charge in [0, 0.05) is 17.1 Å². The van der Waals surface area contributed by atoms with Gasteiger partial charge in [-0.3, -0.25) is 4.79 Å². The SMILES string of the molecule is CCOc1ccc2oc(C(=O)O[C@H](C)C(=O)Nc3ccc(Cl)cn3)c(C)c2c1. The number of benzene rings is 1. The highest BCUT2D eigenvalue weighted by Gasteiger charge is 2.24. The molecular weight excluding hydrogens is 384 g/mol. The molecule has 1 aromatic carbocycles. The second-order valence-electron chi connectivity index (χ2n) is 6.05. The zero-order chi connectivity index (χ0) is 20.3. The van der Waals surface area contributed by atoms with Gasteiger partial charge in [0.05, 0.1) is 11.6 Å². The van der Waals surface area contributed by atoms with Crippen LogP contribution in [0.2, 0.25) is 5.02 Å². The van der Waals surface area contributed by atoms with Crippen LogP contribution in [0.25, 0.3) is 11.0 Å². The van der Waals surface area contributed by atoms with E-state index in [-0.39, 0.29) is 5.76 Å². The summed E-state index contributed by atoms with van der Waals surface area (Å²) in [5, 5.41) is 3.76. The van der Waals surface area contributed by atoms with Crippen LogP contribution in [0.1, 0.15) is 30.0 Å². The number of pyridine rings is 1. The summed E-state index contributed by atoms with van der Waals surface area (Å²) in [7, 11) is 0. The lowest BCUT2D eigenvalue weighted by molar-refractivity contribution is -0.123. The molecule has 2 aromatic heterocycles. The molecule has 0 aliphatic heterocycles. The van der Waals surface area contributed by atoms with Crippen molar-refractivity contribution in [2.75, 3.05) is 11.9 Å². The summed E-state index contributed by atoms with van der Waals surface area (Å²) in [4.78, 5) is 28.7. The zero-order valence-electron chi connectivity index (χ0n) is 15.6. The van der Waals surface area contributed by atoms with Gasteiger partial charge < -0.3 is 19.2 Å². The standard InChI is InChI=1S/C20H19ClN2O5/c1-4-26-14-6-7-16-15(9-14)11(2)18(28-16)20(25)27-12(3)19(24)23-17-8-5-13(21)10-22-17/h5-10,12H,4H2,1-3H3,(H,22,23,24)/t12-/m1/s1. The summed E-state index contributed by atoms with van der Waals surface area (Å²) in [6, 6.07) is 8.44. The van der Waals surface area contributed by atoms with Crippen molar-refractivity contribution in [3.05, 3.63) is 52.9 Å². The number of hydrogen-bond donors (Lipinski definition) is 1. The van der Waals surface area contributed by atoms with Gasteiger partial charge in [0.2, 0.25) is 5.76 Å². The Kier molecular flexibility index (Phi) is 5.84. The molecule has 0 aliphatic carbocycles. The number of carbonyl (C=O) groups is 2. The average molecular weight is 403 g/mol. The molecule has 0 bridgehead atoms. The van der Waals surface area contributed by atoms with Crippen molar-refractivity contribution in [2.45, 2.75) is 26.9 Å². The van der Waals surface area contributed by atoms with Crippen LogP contribution in [0, 0.1) is 6.92 Å². The minimum absolute atomic E-state index is 0.0490. The van der Waals surface area contributed by atoms with E-state index >= 15 is 0 Å². The normalized spacial score (nSPS) is 11.9. The number of esters is 1. The maximum Gasteiger partial charge on any atom is 0.375 e. The Bertz CT molecular complexity index is 1010. The first kappa shape index (κ1) is 19.7. The number of ether oxygens (including phenoxy) is 2. The Hall–Kier alpha value is -3.06. The highest BCUT2D eigenvalue weighted by atomic mass is 35.5. The van der Waals surface area contributed by atoms with E-state index in [1.807, 2.05) is 6.92 Å². The molecular formula is C20H19ClN2O5. The van der Waals surface area contributed by atoms with Crippen molar-refractivity contribution in [1.29, 1.82) is 0 Å². The lowest BCUT2D eigenvalue weighted by atomic mass is 10.1. The summed E-state index contributed by atoms with van der Waals surface area (Å²) in [5.41, 5.74) is 1.16. The fourth-order valence-corrected chi connectivity index (χ4v) is 2.71. The van der Waals surface area contributed by atoms with Crippen molar-refractivity contribution in [3.63, 3.8) is 0 Å². The second kappa shape index (κ2) is 8.31. The molecule has 2 heterocycles. The number of nitrogens with zero attached hydrogens (tertiary/aromatic N) is 1. The number of carbonyl (C=O) groups excluding carboxylic acids is 2. The van der Waals surface area contributed by atoms with E-state index < -0.39 is 18.0 Å². The molecule has 28 heavy (non-hydrogen) atoms. The van der Waals surface area contributed by atoms with Crippen molar-refractivity contribution in [2.24, 2.45) is 0 Å². The number of hydrogen-bond acceptors (Lipinski definition) is 6. The molecule has 0 aliphatic rings. The third kappa shape index (κ3) is 4.26. The molecule has 8 heteroatoms. The number of amides is 1. The predicted octanol–water partition coefficient (Wildman–Crippen LogP) is 4.37. The van der Waals surface area contributed by atoms with E-state index in [9.17, 15) is 9.59 Å². The van der Waals surface area contributed by atoms with Gasteiger partial charge in [0.1, 0.15) is 17.2 Å². The van der Waals surface area contributed by atoms with Crippen LogP contribution >= 0.6 is 11.6 Å². The minimum atomic E-state index is -1.04. The molecule has 0 saturated carbocycles. The van der Waals surface area contributed by atoms with Crippen LogP contribution in [0.15, 0.2) is 40.9 Å².